The molecule has 0 atom stereocenters. The van der Waals surface area contributed by atoms with Gasteiger partial charge < -0.3 is 5.32 Å². The van der Waals surface area contributed by atoms with Gasteiger partial charge in [0.25, 0.3) is 0 Å². The minimum atomic E-state index is 0.695. The molecule has 0 radical (unpaired) electrons. The maximum absolute atomic E-state index is 4.73. The molecule has 0 bridgehead atoms. The fourth-order valence-electron chi connectivity index (χ4n) is 3.68. The molecule has 4 heterocycles. The minimum absolute atomic E-state index is 0.695. The fraction of sp³-hybridized carbons (Fsp3) is 0.174. The zero-order valence-corrected chi connectivity index (χ0v) is 17.4. The van der Waals surface area contributed by atoms with E-state index in [1.807, 2.05) is 35.9 Å². The Hall–Kier alpha value is -4.07. The van der Waals surface area contributed by atoms with Gasteiger partial charge in [0.15, 0.2) is 11.5 Å². The summed E-state index contributed by atoms with van der Waals surface area (Å²) >= 11 is 0. The number of fused-ring (bicyclic) bond motifs is 1. The largest absolute Gasteiger partial charge is 0.337 e. The highest BCUT2D eigenvalue weighted by Gasteiger charge is 2.16. The van der Waals surface area contributed by atoms with Crippen LogP contribution in [-0.2, 0) is 13.0 Å². The molecule has 0 aliphatic rings. The summed E-state index contributed by atoms with van der Waals surface area (Å²) in [5.74, 6) is 1.41. The van der Waals surface area contributed by atoms with Crippen LogP contribution in [0.15, 0.2) is 67.3 Å². The Labute approximate surface area is 179 Å². The molecule has 1 N–H and O–H groups in total. The molecule has 0 amide bonds. The summed E-state index contributed by atoms with van der Waals surface area (Å²) in [6.45, 7) is 4.89. The summed E-state index contributed by atoms with van der Waals surface area (Å²) in [5.41, 5.74) is 4.94. The highest BCUT2D eigenvalue weighted by atomic mass is 15.3. The molecule has 1 aromatic carbocycles. The Morgan fingerprint density at radius 3 is 2.58 bits per heavy atom. The summed E-state index contributed by atoms with van der Waals surface area (Å²) in [5, 5.41) is 13.5. The molecule has 0 saturated carbocycles. The van der Waals surface area contributed by atoms with E-state index >= 15 is 0 Å². The lowest BCUT2D eigenvalue weighted by Crippen LogP contribution is -2.06. The molecule has 8 heteroatoms. The van der Waals surface area contributed by atoms with Crippen molar-refractivity contribution in [1.82, 2.24) is 34.5 Å². The van der Waals surface area contributed by atoms with Crippen molar-refractivity contribution in [1.29, 1.82) is 0 Å². The van der Waals surface area contributed by atoms with Crippen molar-refractivity contribution in [2.75, 3.05) is 5.32 Å². The number of hydrogen-bond acceptors (Lipinski definition) is 6. The molecule has 0 aliphatic carbocycles. The smallest absolute Gasteiger partial charge is 0.170 e. The first-order chi connectivity index (χ1) is 15.2. The van der Waals surface area contributed by atoms with Gasteiger partial charge in [-0.05, 0) is 38.0 Å². The number of nitrogens with zero attached hydrogens (tertiary/aromatic N) is 7. The van der Waals surface area contributed by atoms with Gasteiger partial charge in [-0.1, -0.05) is 36.4 Å². The van der Waals surface area contributed by atoms with Gasteiger partial charge in [0.1, 0.15) is 12.1 Å². The first-order valence-electron chi connectivity index (χ1n) is 10.2. The van der Waals surface area contributed by atoms with Crippen LogP contribution in [0.2, 0.25) is 0 Å². The van der Waals surface area contributed by atoms with Crippen LogP contribution in [0.3, 0.4) is 0 Å². The Morgan fingerprint density at radius 1 is 0.935 bits per heavy atom. The van der Waals surface area contributed by atoms with Crippen molar-refractivity contribution in [2.24, 2.45) is 0 Å². The number of aryl methyl sites for hydroxylation is 3. The number of nitrogens with one attached hydrogen (secondary N) is 1. The van der Waals surface area contributed by atoms with E-state index in [1.165, 1.54) is 11.9 Å². The first-order valence-corrected chi connectivity index (χ1v) is 10.2. The van der Waals surface area contributed by atoms with Gasteiger partial charge in [0.05, 0.1) is 28.7 Å². The Bertz CT molecular complexity index is 1320. The number of hydrogen-bond donors (Lipinski definition) is 1. The molecule has 0 fully saturated rings. The molecule has 5 aromatic rings. The second-order valence-electron chi connectivity index (χ2n) is 7.33. The zero-order valence-electron chi connectivity index (χ0n) is 17.4. The highest BCUT2D eigenvalue weighted by molar-refractivity contribution is 5.89. The normalized spacial score (nSPS) is 11.2. The van der Waals surface area contributed by atoms with Crippen LogP contribution in [0.1, 0.15) is 17.0 Å². The zero-order chi connectivity index (χ0) is 21.2. The Morgan fingerprint density at radius 2 is 1.77 bits per heavy atom. The minimum Gasteiger partial charge on any atom is -0.337 e. The molecule has 154 valence electrons. The van der Waals surface area contributed by atoms with E-state index in [9.17, 15) is 0 Å². The number of pyridine rings is 1. The van der Waals surface area contributed by atoms with Crippen molar-refractivity contribution in [2.45, 2.75) is 26.8 Å². The van der Waals surface area contributed by atoms with Gasteiger partial charge in [-0.25, -0.2) is 15.0 Å². The second kappa shape index (κ2) is 7.98. The van der Waals surface area contributed by atoms with Gasteiger partial charge in [0, 0.05) is 12.7 Å². The maximum Gasteiger partial charge on any atom is 0.170 e. The number of aromatic nitrogens is 7. The molecule has 4 aromatic heterocycles. The molecule has 0 spiro atoms. The third kappa shape index (κ3) is 3.63. The topological polar surface area (TPSA) is 86.3 Å². The van der Waals surface area contributed by atoms with Crippen LogP contribution in [0.4, 0.5) is 11.5 Å². The van der Waals surface area contributed by atoms with Crippen molar-refractivity contribution >= 4 is 22.5 Å². The fourth-order valence-corrected chi connectivity index (χ4v) is 3.68. The van der Waals surface area contributed by atoms with Crippen LogP contribution in [-0.4, -0.2) is 34.5 Å². The monoisotopic (exact) mass is 410 g/mol. The molecule has 0 saturated heterocycles. The Kier molecular flexibility index (Phi) is 4.87. The van der Waals surface area contributed by atoms with E-state index in [4.69, 9.17) is 5.10 Å². The number of anilines is 2. The first kappa shape index (κ1) is 18.9. The van der Waals surface area contributed by atoms with Gasteiger partial charge in [-0.15, -0.1) is 0 Å². The second-order valence-corrected chi connectivity index (χ2v) is 7.33. The van der Waals surface area contributed by atoms with E-state index in [0.717, 1.165) is 35.4 Å². The molecular weight excluding hydrogens is 388 g/mol. The lowest BCUT2D eigenvalue weighted by molar-refractivity contribution is 0.594. The summed E-state index contributed by atoms with van der Waals surface area (Å²) in [7, 11) is 0. The van der Waals surface area contributed by atoms with Gasteiger partial charge in [-0.2, -0.15) is 14.9 Å². The maximum atomic E-state index is 4.73. The average molecular weight is 410 g/mol. The van der Waals surface area contributed by atoms with E-state index in [2.05, 4.69) is 56.6 Å². The predicted octanol–water partition coefficient (Wildman–Crippen LogP) is 4.01. The summed E-state index contributed by atoms with van der Waals surface area (Å²) in [4.78, 5) is 13.3. The summed E-state index contributed by atoms with van der Waals surface area (Å²) in [6.07, 6.45) is 5.96. The average Bonchev–Trinajstić information content (AvgIpc) is 3.36. The van der Waals surface area contributed by atoms with Crippen LogP contribution in [0, 0.1) is 13.8 Å². The molecule has 0 unspecified atom stereocenters. The van der Waals surface area contributed by atoms with E-state index < -0.39 is 0 Å². The summed E-state index contributed by atoms with van der Waals surface area (Å²) < 4.78 is 3.76. The van der Waals surface area contributed by atoms with Crippen LogP contribution >= 0.6 is 0 Å². The van der Waals surface area contributed by atoms with E-state index in [-0.39, 0.29) is 0 Å². The standard InChI is InChI=1S/C23H22N8/c1-16-21(17(2)30(29-16)13-11-18-8-4-3-5-9-18)28-22-19-14-27-31(23(19)26-15-25-22)20-10-6-7-12-24-20/h3-10,12,14-15H,11,13H2,1-2H3,(H,25,26,28). The van der Waals surface area contributed by atoms with Crippen molar-refractivity contribution in [3.8, 4) is 5.82 Å². The quantitative estimate of drug-likeness (QED) is 0.455. The highest BCUT2D eigenvalue weighted by Crippen LogP contribution is 2.28. The van der Waals surface area contributed by atoms with Crippen LogP contribution in [0.25, 0.3) is 16.9 Å². The molecule has 5 rings (SSSR count). The summed E-state index contributed by atoms with van der Waals surface area (Å²) in [6, 6.07) is 16.1. The number of rotatable bonds is 6. The van der Waals surface area contributed by atoms with Crippen LogP contribution < -0.4 is 5.32 Å². The van der Waals surface area contributed by atoms with Gasteiger partial charge >= 0.3 is 0 Å². The van der Waals surface area contributed by atoms with Crippen LogP contribution in [0.5, 0.6) is 0 Å². The lowest BCUT2D eigenvalue weighted by atomic mass is 10.1. The molecular formula is C23H22N8. The van der Waals surface area contributed by atoms with Gasteiger partial charge in [-0.3, -0.25) is 4.68 Å². The van der Waals surface area contributed by atoms with Crippen molar-refractivity contribution in [3.63, 3.8) is 0 Å². The predicted molar refractivity (Wildman–Crippen MR) is 120 cm³/mol. The lowest BCUT2D eigenvalue weighted by Gasteiger charge is -2.08. The van der Waals surface area contributed by atoms with Gasteiger partial charge in [0.2, 0.25) is 0 Å². The SMILES string of the molecule is Cc1nn(CCc2ccccc2)c(C)c1Nc1ncnc2c1cnn2-c1ccccn1. The van der Waals surface area contributed by atoms with E-state index in [0.29, 0.717) is 17.3 Å². The molecule has 31 heavy (non-hydrogen) atoms. The Balaban J connectivity index is 1.44. The van der Waals surface area contributed by atoms with Crippen molar-refractivity contribution < 1.29 is 0 Å². The molecule has 8 nitrogen and oxygen atoms in total. The van der Waals surface area contributed by atoms with E-state index in [1.54, 1.807) is 17.1 Å². The third-order valence-electron chi connectivity index (χ3n) is 5.31. The third-order valence-corrected chi connectivity index (χ3v) is 5.31. The molecule has 0 aliphatic heterocycles. The van der Waals surface area contributed by atoms with Crippen molar-refractivity contribution in [3.05, 3.63) is 84.2 Å². The number of benzene rings is 1.